The molecule has 10 rings (SSSR count). The van der Waals surface area contributed by atoms with Crippen LogP contribution in [0.4, 0.5) is 17.1 Å². The number of hydrogen-bond donors (Lipinski definition) is 0. The second-order valence-electron chi connectivity index (χ2n) is 13.3. The lowest BCUT2D eigenvalue weighted by atomic mass is 9.88. The van der Waals surface area contributed by atoms with Crippen molar-refractivity contribution in [3.8, 4) is 33.4 Å². The third-order valence-corrected chi connectivity index (χ3v) is 11.4. The zero-order valence-corrected chi connectivity index (χ0v) is 29.2. The van der Waals surface area contributed by atoms with E-state index in [4.69, 9.17) is 0 Å². The van der Waals surface area contributed by atoms with E-state index < -0.39 is 0 Å². The van der Waals surface area contributed by atoms with Gasteiger partial charge < -0.3 is 4.90 Å². The van der Waals surface area contributed by atoms with Crippen LogP contribution in [0.5, 0.6) is 0 Å². The summed E-state index contributed by atoms with van der Waals surface area (Å²) in [5, 5.41) is 7.49. The monoisotopic (exact) mass is 679 g/mol. The second kappa shape index (κ2) is 12.7. The fraction of sp³-hybridized carbons (Fsp3) is 0. The van der Waals surface area contributed by atoms with Crippen molar-refractivity contribution in [2.24, 2.45) is 0 Å². The fourth-order valence-electron chi connectivity index (χ4n) is 7.83. The highest BCUT2D eigenvalue weighted by Gasteiger charge is 2.24. The molecule has 0 fully saturated rings. The summed E-state index contributed by atoms with van der Waals surface area (Å²) in [6.07, 6.45) is 0. The van der Waals surface area contributed by atoms with Crippen LogP contribution < -0.4 is 4.90 Å². The summed E-state index contributed by atoms with van der Waals surface area (Å²) in [4.78, 5) is 2.50. The Morgan fingerprint density at radius 3 is 1.81 bits per heavy atom. The molecule has 9 aromatic carbocycles. The molecule has 0 radical (unpaired) electrons. The van der Waals surface area contributed by atoms with Crippen molar-refractivity contribution in [3.05, 3.63) is 200 Å². The smallest absolute Gasteiger partial charge is 0.0555 e. The first-order chi connectivity index (χ1) is 25.8. The number of benzene rings is 9. The standard InChI is InChI=1S/C50H33NS/c1-2-13-34(14-3-1)36-29-31-40(32-30-36)51(46-24-12-26-48-50(46)44-20-8-9-25-47(44)52-48)45-23-11-21-42(39-28-27-35-15-4-5-17-38(35)33-39)49(45)43-22-10-18-37-16-6-7-19-41(37)43/h1-33H. The van der Waals surface area contributed by atoms with E-state index in [1.165, 1.54) is 80.8 Å². The Bertz CT molecular complexity index is 2900. The average Bonchev–Trinajstić information content (AvgIpc) is 3.61. The van der Waals surface area contributed by atoms with E-state index in [1.807, 2.05) is 11.3 Å². The Hall–Kier alpha value is -6.48. The summed E-state index contributed by atoms with van der Waals surface area (Å²) in [6.45, 7) is 0. The molecule has 0 atom stereocenters. The molecule has 1 heterocycles. The Labute approximate surface area is 307 Å². The zero-order valence-electron chi connectivity index (χ0n) is 28.4. The van der Waals surface area contributed by atoms with E-state index in [2.05, 4.69) is 205 Å². The van der Waals surface area contributed by atoms with Gasteiger partial charge in [-0.1, -0.05) is 158 Å². The molecule has 0 aliphatic heterocycles. The van der Waals surface area contributed by atoms with E-state index in [0.29, 0.717) is 0 Å². The number of rotatable bonds is 6. The number of anilines is 3. The Kier molecular flexibility index (Phi) is 7.41. The van der Waals surface area contributed by atoms with Crippen LogP contribution in [0.1, 0.15) is 0 Å². The van der Waals surface area contributed by atoms with Crippen LogP contribution >= 0.6 is 11.3 Å². The van der Waals surface area contributed by atoms with Crippen molar-refractivity contribution in [2.75, 3.05) is 4.90 Å². The average molecular weight is 680 g/mol. The summed E-state index contributed by atoms with van der Waals surface area (Å²) in [6, 6.07) is 73.1. The second-order valence-corrected chi connectivity index (χ2v) is 14.4. The molecule has 1 nitrogen and oxygen atoms in total. The van der Waals surface area contributed by atoms with Gasteiger partial charge in [0.1, 0.15) is 0 Å². The minimum Gasteiger partial charge on any atom is -0.309 e. The molecular weight excluding hydrogens is 647 g/mol. The molecule has 0 aliphatic carbocycles. The Balaban J connectivity index is 1.30. The van der Waals surface area contributed by atoms with Crippen molar-refractivity contribution in [3.63, 3.8) is 0 Å². The van der Waals surface area contributed by atoms with Gasteiger partial charge in [-0.05, 0) is 91.8 Å². The predicted molar refractivity (Wildman–Crippen MR) is 225 cm³/mol. The summed E-state index contributed by atoms with van der Waals surface area (Å²) in [7, 11) is 0. The van der Waals surface area contributed by atoms with E-state index in [9.17, 15) is 0 Å². The summed E-state index contributed by atoms with van der Waals surface area (Å²) in [5.41, 5.74) is 10.6. The van der Waals surface area contributed by atoms with Gasteiger partial charge in [0.25, 0.3) is 0 Å². The van der Waals surface area contributed by atoms with Crippen molar-refractivity contribution < 1.29 is 0 Å². The van der Waals surface area contributed by atoms with Crippen LogP contribution in [-0.2, 0) is 0 Å². The fourth-order valence-corrected chi connectivity index (χ4v) is 8.96. The maximum absolute atomic E-state index is 2.50. The topological polar surface area (TPSA) is 3.24 Å². The van der Waals surface area contributed by atoms with Crippen LogP contribution in [0.2, 0.25) is 0 Å². The van der Waals surface area contributed by atoms with Crippen molar-refractivity contribution in [2.45, 2.75) is 0 Å². The summed E-state index contributed by atoms with van der Waals surface area (Å²) in [5.74, 6) is 0. The quantitative estimate of drug-likeness (QED) is 0.169. The number of hydrogen-bond acceptors (Lipinski definition) is 2. The van der Waals surface area contributed by atoms with Gasteiger partial charge in [0, 0.05) is 31.4 Å². The lowest BCUT2D eigenvalue weighted by molar-refractivity contribution is 1.30. The highest BCUT2D eigenvalue weighted by atomic mass is 32.1. The molecule has 10 aromatic rings. The van der Waals surface area contributed by atoms with E-state index in [0.717, 1.165) is 11.4 Å². The van der Waals surface area contributed by atoms with Gasteiger partial charge in [0.2, 0.25) is 0 Å². The minimum atomic E-state index is 1.11. The van der Waals surface area contributed by atoms with E-state index in [1.54, 1.807) is 0 Å². The zero-order chi connectivity index (χ0) is 34.4. The van der Waals surface area contributed by atoms with Crippen LogP contribution in [-0.4, -0.2) is 0 Å². The first-order valence-corrected chi connectivity index (χ1v) is 18.6. The molecule has 0 saturated carbocycles. The predicted octanol–water partition coefficient (Wildman–Crippen LogP) is 14.8. The normalized spacial score (nSPS) is 11.5. The van der Waals surface area contributed by atoms with Crippen LogP contribution in [0.25, 0.3) is 75.1 Å². The van der Waals surface area contributed by atoms with Crippen LogP contribution in [0.15, 0.2) is 200 Å². The van der Waals surface area contributed by atoms with Gasteiger partial charge in [-0.25, -0.2) is 0 Å². The van der Waals surface area contributed by atoms with Gasteiger partial charge in [-0.3, -0.25) is 0 Å². The lowest BCUT2D eigenvalue weighted by Gasteiger charge is -2.30. The van der Waals surface area contributed by atoms with Gasteiger partial charge in [-0.15, -0.1) is 11.3 Å². The largest absolute Gasteiger partial charge is 0.309 e. The molecule has 1 aromatic heterocycles. The number of thiophene rings is 1. The van der Waals surface area contributed by atoms with Crippen LogP contribution in [0, 0.1) is 0 Å². The summed E-state index contributed by atoms with van der Waals surface area (Å²) < 4.78 is 2.57. The maximum Gasteiger partial charge on any atom is 0.0555 e. The SMILES string of the molecule is c1ccc(-c2ccc(N(c3cccc(-c4ccc5ccccc5c4)c3-c3cccc4ccccc34)c3cccc4sc5ccccc5c34)cc2)cc1. The van der Waals surface area contributed by atoms with Gasteiger partial charge in [0.05, 0.1) is 11.4 Å². The molecular formula is C50H33NS. The molecule has 0 spiro atoms. The molecule has 0 aliphatic rings. The van der Waals surface area contributed by atoms with Crippen molar-refractivity contribution in [1.82, 2.24) is 0 Å². The van der Waals surface area contributed by atoms with Gasteiger partial charge in [0.15, 0.2) is 0 Å². The molecule has 2 heteroatoms. The number of nitrogens with zero attached hydrogens (tertiary/aromatic N) is 1. The third kappa shape index (κ3) is 5.16. The Morgan fingerprint density at radius 1 is 0.346 bits per heavy atom. The van der Waals surface area contributed by atoms with Crippen molar-refractivity contribution >= 4 is 70.1 Å². The molecule has 0 unspecified atom stereocenters. The molecule has 244 valence electrons. The molecule has 0 saturated heterocycles. The minimum absolute atomic E-state index is 1.11. The highest BCUT2D eigenvalue weighted by Crippen LogP contribution is 2.50. The van der Waals surface area contributed by atoms with Crippen molar-refractivity contribution in [1.29, 1.82) is 0 Å². The molecule has 0 N–H and O–H groups in total. The third-order valence-electron chi connectivity index (χ3n) is 10.3. The highest BCUT2D eigenvalue weighted by molar-refractivity contribution is 7.26. The molecule has 52 heavy (non-hydrogen) atoms. The lowest BCUT2D eigenvalue weighted by Crippen LogP contribution is -2.12. The Morgan fingerprint density at radius 2 is 0.942 bits per heavy atom. The first-order valence-electron chi connectivity index (χ1n) is 17.8. The molecule has 0 amide bonds. The first kappa shape index (κ1) is 30.4. The van der Waals surface area contributed by atoms with Crippen LogP contribution in [0.3, 0.4) is 0 Å². The summed E-state index contributed by atoms with van der Waals surface area (Å²) >= 11 is 1.86. The van der Waals surface area contributed by atoms with E-state index in [-0.39, 0.29) is 0 Å². The van der Waals surface area contributed by atoms with Gasteiger partial charge >= 0.3 is 0 Å². The van der Waals surface area contributed by atoms with E-state index >= 15 is 0 Å². The number of fused-ring (bicyclic) bond motifs is 5. The van der Waals surface area contributed by atoms with Gasteiger partial charge in [-0.2, -0.15) is 0 Å². The molecule has 0 bridgehead atoms. The maximum atomic E-state index is 2.50.